The van der Waals surface area contributed by atoms with Crippen LogP contribution in [0, 0.1) is 0 Å². The number of anilines is 2. The first-order chi connectivity index (χ1) is 16.4. The average molecular weight is 487 g/mol. The molecule has 0 spiro atoms. The van der Waals surface area contributed by atoms with Gasteiger partial charge in [0.15, 0.2) is 0 Å². The second-order valence-electron chi connectivity index (χ2n) is 7.31. The third-order valence-corrected chi connectivity index (χ3v) is 5.69. The van der Waals surface area contributed by atoms with Crippen molar-refractivity contribution in [3.8, 4) is 11.5 Å². The summed E-state index contributed by atoms with van der Waals surface area (Å²) >= 11 is 1.18. The average Bonchev–Trinajstić information content (AvgIpc) is 3.17. The molecule has 0 unspecified atom stereocenters. The van der Waals surface area contributed by atoms with Crippen molar-refractivity contribution in [1.29, 1.82) is 0 Å². The number of alkyl halides is 3. The van der Waals surface area contributed by atoms with Crippen molar-refractivity contribution in [1.82, 2.24) is 15.2 Å². The number of nitrogens with one attached hydrogen (secondary N) is 4. The molecular formula is C24H21F3N4O2S. The van der Waals surface area contributed by atoms with Crippen molar-refractivity contribution in [2.75, 3.05) is 5.32 Å². The molecule has 0 atom stereocenters. The van der Waals surface area contributed by atoms with Crippen LogP contribution >= 0.6 is 11.5 Å². The molecule has 176 valence electrons. The molecule has 0 aliphatic carbocycles. The molecule has 0 fully saturated rings. The zero-order chi connectivity index (χ0) is 24.0. The fourth-order valence-electron chi connectivity index (χ4n) is 3.07. The van der Waals surface area contributed by atoms with Crippen LogP contribution in [0.2, 0.25) is 0 Å². The Morgan fingerprint density at radius 3 is 2.15 bits per heavy atom. The Balaban J connectivity index is 1.30. The van der Waals surface area contributed by atoms with Gasteiger partial charge in [0.2, 0.25) is 0 Å². The summed E-state index contributed by atoms with van der Waals surface area (Å²) in [5.41, 5.74) is 6.92. The number of para-hydroxylation sites is 1. The van der Waals surface area contributed by atoms with Gasteiger partial charge in [0.1, 0.15) is 16.5 Å². The van der Waals surface area contributed by atoms with E-state index in [1.54, 1.807) is 0 Å². The highest BCUT2D eigenvalue weighted by Gasteiger charge is 2.29. The summed E-state index contributed by atoms with van der Waals surface area (Å²) in [6, 6.07) is 21.7. The van der Waals surface area contributed by atoms with E-state index in [-0.39, 0.29) is 12.1 Å². The molecule has 10 heteroatoms. The first-order valence-electron chi connectivity index (χ1n) is 10.3. The first-order valence-corrected chi connectivity index (χ1v) is 11.1. The Kier molecular flexibility index (Phi) is 7.31. The van der Waals surface area contributed by atoms with Crippen LogP contribution in [0.5, 0.6) is 11.5 Å². The van der Waals surface area contributed by atoms with Gasteiger partial charge in [-0.05, 0) is 65.6 Å². The van der Waals surface area contributed by atoms with E-state index in [9.17, 15) is 18.0 Å². The summed E-state index contributed by atoms with van der Waals surface area (Å²) in [5.74, 6) is 1.43. The van der Waals surface area contributed by atoms with Crippen LogP contribution in [0.3, 0.4) is 0 Å². The van der Waals surface area contributed by atoms with Gasteiger partial charge in [-0.15, -0.1) is 0 Å². The molecule has 34 heavy (non-hydrogen) atoms. The Bertz CT molecular complexity index is 1250. The highest BCUT2D eigenvalue weighted by Crippen LogP contribution is 2.29. The van der Waals surface area contributed by atoms with Crippen LogP contribution in [0.4, 0.5) is 23.9 Å². The number of hydrogen-bond acceptors (Lipinski definition) is 6. The van der Waals surface area contributed by atoms with Gasteiger partial charge in [0.05, 0.1) is 11.1 Å². The van der Waals surface area contributed by atoms with E-state index in [0.717, 1.165) is 23.6 Å². The number of benzene rings is 3. The van der Waals surface area contributed by atoms with Gasteiger partial charge in [-0.1, -0.05) is 30.3 Å². The molecular weight excluding hydrogens is 465 g/mol. The minimum atomic E-state index is -4.36. The maximum absolute atomic E-state index is 12.7. The van der Waals surface area contributed by atoms with E-state index in [1.165, 1.54) is 23.7 Å². The molecule has 4 rings (SSSR count). The lowest BCUT2D eigenvalue weighted by Gasteiger charge is -2.10. The number of aromatic nitrogens is 1. The van der Waals surface area contributed by atoms with E-state index >= 15 is 0 Å². The minimum Gasteiger partial charge on any atom is -0.457 e. The molecule has 4 aromatic rings. The monoisotopic (exact) mass is 486 g/mol. The summed E-state index contributed by atoms with van der Waals surface area (Å²) < 4.78 is 46.4. The number of aromatic amines is 1. The van der Waals surface area contributed by atoms with Crippen molar-refractivity contribution in [3.63, 3.8) is 0 Å². The maximum atomic E-state index is 12.7. The summed E-state index contributed by atoms with van der Waals surface area (Å²) in [7, 11) is 0. The highest BCUT2D eigenvalue weighted by atomic mass is 32.1. The van der Waals surface area contributed by atoms with Gasteiger partial charge in [-0.25, -0.2) is 0 Å². The summed E-state index contributed by atoms with van der Waals surface area (Å²) in [5, 5.41) is 3.88. The molecule has 1 heterocycles. The van der Waals surface area contributed by atoms with E-state index in [1.807, 2.05) is 54.6 Å². The summed E-state index contributed by atoms with van der Waals surface area (Å²) in [6.45, 7) is 0.517. The van der Waals surface area contributed by atoms with Gasteiger partial charge in [0, 0.05) is 18.8 Å². The Morgan fingerprint density at radius 1 is 0.824 bits per heavy atom. The summed E-state index contributed by atoms with van der Waals surface area (Å²) in [4.78, 5) is 12.2. The SMILES string of the molecule is O=c1[nH]sc(Nc2ccc(Oc3ccccc3)cc2)c1CNNCc1ccc(C(F)(F)F)cc1. The molecule has 0 aliphatic heterocycles. The predicted octanol–water partition coefficient (Wildman–Crippen LogP) is 5.79. The zero-order valence-electron chi connectivity index (χ0n) is 17.8. The number of rotatable bonds is 9. The predicted molar refractivity (Wildman–Crippen MR) is 126 cm³/mol. The third-order valence-electron chi connectivity index (χ3n) is 4.85. The van der Waals surface area contributed by atoms with Gasteiger partial charge in [-0.3, -0.25) is 20.0 Å². The molecule has 0 radical (unpaired) electrons. The van der Waals surface area contributed by atoms with Gasteiger partial charge >= 0.3 is 6.18 Å². The molecule has 0 saturated carbocycles. The Hall–Kier alpha value is -3.60. The topological polar surface area (TPSA) is 78.2 Å². The van der Waals surface area contributed by atoms with E-state index in [4.69, 9.17) is 4.74 Å². The van der Waals surface area contributed by atoms with Crippen LogP contribution < -0.4 is 26.5 Å². The van der Waals surface area contributed by atoms with Crippen molar-refractivity contribution < 1.29 is 17.9 Å². The highest BCUT2D eigenvalue weighted by molar-refractivity contribution is 7.10. The normalized spacial score (nSPS) is 11.4. The molecule has 1 aromatic heterocycles. The van der Waals surface area contributed by atoms with Crippen molar-refractivity contribution in [3.05, 3.63) is 106 Å². The van der Waals surface area contributed by atoms with Crippen molar-refractivity contribution in [2.45, 2.75) is 19.3 Å². The zero-order valence-corrected chi connectivity index (χ0v) is 18.6. The lowest BCUT2D eigenvalue weighted by atomic mass is 10.1. The largest absolute Gasteiger partial charge is 0.457 e. The number of halogens is 3. The van der Waals surface area contributed by atoms with Crippen molar-refractivity contribution >= 4 is 22.2 Å². The van der Waals surface area contributed by atoms with Crippen LogP contribution in [0.1, 0.15) is 16.7 Å². The summed E-state index contributed by atoms with van der Waals surface area (Å²) in [6.07, 6.45) is -4.36. The smallest absolute Gasteiger partial charge is 0.416 e. The fourth-order valence-corrected chi connectivity index (χ4v) is 3.85. The Morgan fingerprint density at radius 2 is 1.47 bits per heavy atom. The number of hydrogen-bond donors (Lipinski definition) is 4. The van der Waals surface area contributed by atoms with Crippen LogP contribution in [0.25, 0.3) is 0 Å². The molecule has 0 aliphatic rings. The fraction of sp³-hybridized carbons (Fsp3) is 0.125. The number of hydrazine groups is 1. The van der Waals surface area contributed by atoms with E-state index in [2.05, 4.69) is 20.5 Å². The number of H-pyrrole nitrogens is 1. The van der Waals surface area contributed by atoms with Crippen LogP contribution in [-0.4, -0.2) is 4.37 Å². The molecule has 6 nitrogen and oxygen atoms in total. The first kappa shape index (κ1) is 23.6. The number of ether oxygens (including phenoxy) is 1. The molecule has 0 amide bonds. The third kappa shape index (κ3) is 6.25. The second-order valence-corrected chi connectivity index (χ2v) is 8.12. The second kappa shape index (κ2) is 10.6. The molecule has 4 N–H and O–H groups in total. The molecule has 3 aromatic carbocycles. The van der Waals surface area contributed by atoms with Crippen LogP contribution in [-0.2, 0) is 19.3 Å². The quantitative estimate of drug-likeness (QED) is 0.178. The van der Waals surface area contributed by atoms with Crippen molar-refractivity contribution in [2.24, 2.45) is 0 Å². The molecule has 0 saturated heterocycles. The molecule has 0 bridgehead atoms. The van der Waals surface area contributed by atoms with Gasteiger partial charge < -0.3 is 10.1 Å². The minimum absolute atomic E-state index is 0.219. The Labute approximate surface area is 197 Å². The maximum Gasteiger partial charge on any atom is 0.416 e. The standard InChI is InChI=1S/C24H21F3N4O2S/c25-24(26,27)17-8-6-16(7-9-17)14-28-29-15-21-22(32)31-34-23(21)30-18-10-12-20(13-11-18)33-19-4-2-1-3-5-19/h1-13,28-30H,14-15H2,(H,31,32). The van der Waals surface area contributed by atoms with E-state index in [0.29, 0.717) is 28.4 Å². The van der Waals surface area contributed by atoms with Gasteiger partial charge in [0.25, 0.3) is 5.56 Å². The lowest BCUT2D eigenvalue weighted by molar-refractivity contribution is -0.137. The lowest BCUT2D eigenvalue weighted by Crippen LogP contribution is -2.32. The van der Waals surface area contributed by atoms with E-state index < -0.39 is 11.7 Å². The van der Waals surface area contributed by atoms with Gasteiger partial charge in [-0.2, -0.15) is 13.2 Å². The van der Waals surface area contributed by atoms with Crippen LogP contribution in [0.15, 0.2) is 83.7 Å².